The molecule has 2 fully saturated rings. The monoisotopic (exact) mass is 588 g/mol. The lowest BCUT2D eigenvalue weighted by Gasteiger charge is -2.32. The van der Waals surface area contributed by atoms with Crippen LogP contribution in [-0.2, 0) is 25.7 Å². The fraction of sp³-hybridized carbons (Fsp3) is 0.429. The van der Waals surface area contributed by atoms with E-state index in [4.69, 9.17) is 15.3 Å². The zero-order valence-corrected chi connectivity index (χ0v) is 23.3. The van der Waals surface area contributed by atoms with Crippen molar-refractivity contribution in [2.75, 3.05) is 33.2 Å². The van der Waals surface area contributed by atoms with Crippen molar-refractivity contribution in [1.82, 2.24) is 14.4 Å². The molecular formula is C28H36N4O10. The maximum absolute atomic E-state index is 13.1. The molecule has 0 amide bonds. The Hall–Kier alpha value is -4.56. The first-order chi connectivity index (χ1) is 19.9. The minimum Gasteiger partial charge on any atom is -0.545 e. The molecule has 3 heterocycles. The summed E-state index contributed by atoms with van der Waals surface area (Å²) < 4.78 is 3.85. The van der Waals surface area contributed by atoms with Crippen LogP contribution in [0.1, 0.15) is 43.8 Å². The Labute approximate surface area is 241 Å². The quantitative estimate of drug-likeness (QED) is 0.242. The van der Waals surface area contributed by atoms with Crippen LogP contribution in [0.15, 0.2) is 53.5 Å². The van der Waals surface area contributed by atoms with Gasteiger partial charge in [0.1, 0.15) is 6.04 Å². The predicted octanol–water partition coefficient (Wildman–Crippen LogP) is -0.366. The first kappa shape index (κ1) is 33.6. The smallest absolute Gasteiger partial charge is 0.380 e. The van der Waals surface area contributed by atoms with E-state index >= 15 is 0 Å². The third-order valence-corrected chi connectivity index (χ3v) is 6.71. The van der Waals surface area contributed by atoms with Crippen molar-refractivity contribution >= 4 is 29.5 Å². The van der Waals surface area contributed by atoms with E-state index in [0.29, 0.717) is 36.5 Å². The zero-order chi connectivity index (χ0) is 31.2. The van der Waals surface area contributed by atoms with Crippen LogP contribution in [0.3, 0.4) is 0 Å². The third-order valence-electron chi connectivity index (χ3n) is 6.71. The second kappa shape index (κ2) is 16.6. The van der Waals surface area contributed by atoms with Crippen LogP contribution in [0.5, 0.6) is 5.75 Å². The van der Waals surface area contributed by atoms with Gasteiger partial charge >= 0.3 is 23.5 Å². The maximum atomic E-state index is 13.1. The standard InChI is InChI=1S/C20H28N4O2.2C4H4O4/c1-21-11-13-22(14-12-21)15-17-19(25)20(26)24(16-7-3-2-4-8-16)18-9-5-6-10-23(17)18;2*5-3(6)1-2-4(7)8/h5-6,9-10,16H,2-4,7-8,11-15H2,1H3;2*1-2H,(H,5,6)(H,7,8)/b;2*2-1-. The van der Waals surface area contributed by atoms with Crippen LogP contribution in [0.4, 0.5) is 0 Å². The number of carboxylic acid groups (broad SMARTS) is 4. The van der Waals surface area contributed by atoms with Gasteiger partial charge in [0.25, 0.3) is 11.4 Å². The highest BCUT2D eigenvalue weighted by Gasteiger charge is 2.30. The van der Waals surface area contributed by atoms with Gasteiger partial charge in [-0.15, -0.1) is 0 Å². The summed E-state index contributed by atoms with van der Waals surface area (Å²) in [7, 11) is 2.13. The van der Waals surface area contributed by atoms with Crippen LogP contribution in [0.25, 0.3) is 5.65 Å². The van der Waals surface area contributed by atoms with E-state index in [1.54, 1.807) is 0 Å². The van der Waals surface area contributed by atoms with Crippen molar-refractivity contribution < 1.29 is 49.1 Å². The number of piperazine rings is 1. The lowest BCUT2D eigenvalue weighted by molar-refractivity contribution is -0.529. The Morgan fingerprint density at radius 3 is 1.95 bits per heavy atom. The summed E-state index contributed by atoms with van der Waals surface area (Å²) in [5, 5.41) is 43.6. The van der Waals surface area contributed by atoms with E-state index in [1.165, 1.54) is 6.42 Å². The number of hydrogen-bond donors (Lipinski definition) is 4. The second-order valence-electron chi connectivity index (χ2n) is 9.77. The van der Waals surface area contributed by atoms with Crippen LogP contribution in [0, 0.1) is 0 Å². The van der Waals surface area contributed by atoms with Gasteiger partial charge in [0.05, 0.1) is 18.7 Å². The number of aromatic nitrogens is 2. The van der Waals surface area contributed by atoms with E-state index in [-0.39, 0.29) is 17.4 Å². The molecule has 14 heteroatoms. The molecule has 0 bridgehead atoms. The molecule has 0 unspecified atom stereocenters. The number of fused-ring (bicyclic) bond motifs is 1. The Morgan fingerprint density at radius 2 is 1.45 bits per heavy atom. The highest BCUT2D eigenvalue weighted by atomic mass is 16.4. The highest BCUT2D eigenvalue weighted by Crippen LogP contribution is 2.28. The molecule has 0 atom stereocenters. The van der Waals surface area contributed by atoms with Crippen molar-refractivity contribution in [2.45, 2.75) is 44.7 Å². The summed E-state index contributed by atoms with van der Waals surface area (Å²) in [5.41, 5.74) is 1.38. The number of pyridine rings is 1. The van der Waals surface area contributed by atoms with Gasteiger partial charge in [-0.05, 0) is 44.9 Å². The van der Waals surface area contributed by atoms with Crippen molar-refractivity contribution in [2.24, 2.45) is 0 Å². The summed E-state index contributed by atoms with van der Waals surface area (Å²) in [5.74, 6) is -5.40. The van der Waals surface area contributed by atoms with Gasteiger partial charge in [0.2, 0.25) is 0 Å². The molecule has 2 aromatic rings. The number of aliphatic carboxylic acids is 4. The average molecular weight is 589 g/mol. The fourth-order valence-electron chi connectivity index (χ4n) is 4.66. The SMILES string of the molecule is CN1CCN(Cc2c(O)c(=O)n(C3CCCCC3)c3cccc[n+]23)CC1.O=C(O)/C=C\C(=O)O.O=C([O-])/C=C\C(=O)O. The molecule has 0 aromatic carbocycles. The Kier molecular flexibility index (Phi) is 13.3. The van der Waals surface area contributed by atoms with Crippen molar-refractivity contribution in [3.8, 4) is 5.75 Å². The van der Waals surface area contributed by atoms with Gasteiger partial charge in [-0.3, -0.25) is 4.90 Å². The fourth-order valence-corrected chi connectivity index (χ4v) is 4.66. The summed E-state index contributed by atoms with van der Waals surface area (Å²) in [4.78, 5) is 55.8. The number of carbonyl (C=O) groups is 4. The Balaban J connectivity index is 0.000000319. The van der Waals surface area contributed by atoms with Crippen molar-refractivity contribution in [3.05, 3.63) is 64.7 Å². The van der Waals surface area contributed by atoms with E-state index in [9.17, 15) is 34.2 Å². The van der Waals surface area contributed by atoms with Gasteiger partial charge in [0.15, 0.2) is 5.69 Å². The molecular weight excluding hydrogens is 552 g/mol. The number of likely N-dealkylation sites (N-methyl/N-ethyl adjacent to an activating group) is 1. The number of rotatable bonds is 7. The second-order valence-corrected chi connectivity index (χ2v) is 9.77. The Morgan fingerprint density at radius 1 is 0.905 bits per heavy atom. The topological polar surface area (TPSA) is 205 Å². The van der Waals surface area contributed by atoms with Gasteiger partial charge in [0, 0.05) is 50.5 Å². The number of carbonyl (C=O) groups excluding carboxylic acids is 1. The van der Waals surface area contributed by atoms with Crippen LogP contribution in [0.2, 0.25) is 0 Å². The zero-order valence-electron chi connectivity index (χ0n) is 23.3. The van der Waals surface area contributed by atoms with Crippen LogP contribution < -0.4 is 15.1 Å². The summed E-state index contributed by atoms with van der Waals surface area (Å²) in [6.07, 6.45) is 9.61. The first-order valence-corrected chi connectivity index (χ1v) is 13.3. The van der Waals surface area contributed by atoms with Crippen molar-refractivity contribution in [1.29, 1.82) is 0 Å². The summed E-state index contributed by atoms with van der Waals surface area (Å²) in [6.45, 7) is 4.55. The molecule has 0 radical (unpaired) electrons. The van der Waals surface area contributed by atoms with E-state index < -0.39 is 23.9 Å². The van der Waals surface area contributed by atoms with E-state index in [1.807, 2.05) is 33.4 Å². The summed E-state index contributed by atoms with van der Waals surface area (Å²) >= 11 is 0. The molecule has 14 nitrogen and oxygen atoms in total. The van der Waals surface area contributed by atoms with Gasteiger partial charge in [-0.2, -0.15) is 8.97 Å². The average Bonchev–Trinajstić information content (AvgIpc) is 2.95. The molecule has 4 N–H and O–H groups in total. The molecule has 2 aliphatic rings. The lowest BCUT2D eigenvalue weighted by Crippen LogP contribution is -2.47. The molecule has 42 heavy (non-hydrogen) atoms. The molecule has 0 spiro atoms. The van der Waals surface area contributed by atoms with Gasteiger partial charge in [-0.25, -0.2) is 19.2 Å². The molecule has 1 aliphatic heterocycles. The predicted molar refractivity (Wildman–Crippen MR) is 147 cm³/mol. The van der Waals surface area contributed by atoms with Gasteiger partial charge < -0.3 is 35.2 Å². The number of carboxylic acids is 4. The highest BCUT2D eigenvalue weighted by molar-refractivity contribution is 5.89. The van der Waals surface area contributed by atoms with E-state index in [0.717, 1.165) is 57.5 Å². The van der Waals surface area contributed by atoms with Crippen molar-refractivity contribution in [3.63, 3.8) is 0 Å². The molecule has 2 aromatic heterocycles. The van der Waals surface area contributed by atoms with Crippen LogP contribution >= 0.6 is 0 Å². The third kappa shape index (κ3) is 10.8. The first-order valence-electron chi connectivity index (χ1n) is 13.3. The summed E-state index contributed by atoms with van der Waals surface area (Å²) in [6, 6.07) is 6.14. The lowest BCUT2D eigenvalue weighted by atomic mass is 9.95. The number of hydrogen-bond acceptors (Lipinski definition) is 9. The molecule has 1 aliphatic carbocycles. The molecule has 1 saturated heterocycles. The van der Waals surface area contributed by atoms with Crippen LogP contribution in [-0.4, -0.2) is 91.9 Å². The van der Waals surface area contributed by atoms with E-state index in [2.05, 4.69) is 16.8 Å². The molecule has 228 valence electrons. The number of aromatic hydroxyl groups is 1. The maximum Gasteiger partial charge on any atom is 0.380 e. The Bertz CT molecular complexity index is 1300. The van der Waals surface area contributed by atoms with Gasteiger partial charge in [-0.1, -0.05) is 12.5 Å². The normalized spacial score (nSPS) is 16.4. The molecule has 4 rings (SSSR count). The number of nitrogens with zero attached hydrogens (tertiary/aromatic N) is 4. The largest absolute Gasteiger partial charge is 0.545 e. The minimum absolute atomic E-state index is 0.0850. The molecule has 1 saturated carbocycles. The minimum atomic E-state index is -1.51.